The Hall–Kier alpha value is -3.42. The third-order valence-electron chi connectivity index (χ3n) is 4.97. The molecule has 2 aliphatic heterocycles. The Labute approximate surface area is 156 Å². The van der Waals surface area contributed by atoms with E-state index >= 15 is 0 Å². The molecule has 0 radical (unpaired) electrons. The fraction of sp³-hybridized carbons (Fsp3) is 0.263. The predicted molar refractivity (Wildman–Crippen MR) is 101 cm³/mol. The van der Waals surface area contributed by atoms with Crippen molar-refractivity contribution in [1.82, 2.24) is 14.7 Å². The van der Waals surface area contributed by atoms with Crippen LogP contribution in [0.4, 0.5) is 10.5 Å². The van der Waals surface area contributed by atoms with E-state index < -0.39 is 18.2 Å². The first kappa shape index (κ1) is 17.0. The highest BCUT2D eigenvalue weighted by Crippen LogP contribution is 2.25. The van der Waals surface area contributed by atoms with Crippen LogP contribution in [0.25, 0.3) is 10.8 Å². The van der Waals surface area contributed by atoms with Gasteiger partial charge in [0, 0.05) is 25.2 Å². The van der Waals surface area contributed by atoms with Crippen LogP contribution in [0, 0.1) is 0 Å². The van der Waals surface area contributed by atoms with Crippen molar-refractivity contribution in [2.75, 3.05) is 26.0 Å². The number of hydrogen-bond acceptors (Lipinski definition) is 5. The van der Waals surface area contributed by atoms with E-state index in [1.165, 1.54) is 18.3 Å². The molecule has 0 spiro atoms. The summed E-state index contributed by atoms with van der Waals surface area (Å²) < 4.78 is 0. The van der Waals surface area contributed by atoms with Crippen molar-refractivity contribution >= 4 is 40.6 Å². The van der Waals surface area contributed by atoms with Crippen LogP contribution in [0.15, 0.2) is 47.5 Å². The molecule has 0 saturated carbocycles. The zero-order chi connectivity index (χ0) is 19.1. The molecule has 8 nitrogen and oxygen atoms in total. The van der Waals surface area contributed by atoms with Gasteiger partial charge in [0.15, 0.2) is 12.2 Å². The molecule has 27 heavy (non-hydrogen) atoms. The number of hydrogen-bond donors (Lipinski definition) is 1. The van der Waals surface area contributed by atoms with E-state index in [0.29, 0.717) is 5.69 Å². The van der Waals surface area contributed by atoms with Crippen LogP contribution in [0.1, 0.15) is 0 Å². The first-order valence-corrected chi connectivity index (χ1v) is 8.58. The number of rotatable bonds is 3. The number of nitrogens with zero attached hydrogens (tertiary/aromatic N) is 4. The van der Waals surface area contributed by atoms with Gasteiger partial charge in [0.2, 0.25) is 5.91 Å². The minimum Gasteiger partial charge on any atom is -0.338 e. The molecular weight excluding hydrogens is 346 g/mol. The van der Waals surface area contributed by atoms with E-state index in [1.807, 2.05) is 42.5 Å². The highest BCUT2D eigenvalue weighted by Gasteiger charge is 2.48. The highest BCUT2D eigenvalue weighted by molar-refractivity contribution is 6.05. The van der Waals surface area contributed by atoms with Gasteiger partial charge in [-0.15, -0.1) is 0 Å². The molecule has 2 unspecified atom stereocenters. The number of carbonyl (C=O) groups is 3. The second kappa shape index (κ2) is 6.39. The van der Waals surface area contributed by atoms with Crippen molar-refractivity contribution in [3.8, 4) is 0 Å². The first-order chi connectivity index (χ1) is 13.0. The number of benzene rings is 2. The summed E-state index contributed by atoms with van der Waals surface area (Å²) in [6.07, 6.45) is 0.866. The molecule has 2 aromatic rings. The molecule has 1 N–H and O–H groups in total. The Balaban J connectivity index is 1.51. The number of urea groups is 1. The fourth-order valence-electron chi connectivity index (χ4n) is 3.53. The molecule has 2 heterocycles. The van der Waals surface area contributed by atoms with E-state index in [9.17, 15) is 14.4 Å². The Morgan fingerprint density at radius 1 is 1.11 bits per heavy atom. The summed E-state index contributed by atoms with van der Waals surface area (Å²) >= 11 is 0. The average molecular weight is 365 g/mol. The van der Waals surface area contributed by atoms with Gasteiger partial charge in [-0.1, -0.05) is 36.4 Å². The van der Waals surface area contributed by atoms with Gasteiger partial charge in [0.1, 0.15) is 0 Å². The van der Waals surface area contributed by atoms with Gasteiger partial charge < -0.3 is 15.1 Å². The Morgan fingerprint density at radius 2 is 1.85 bits per heavy atom. The van der Waals surface area contributed by atoms with Crippen molar-refractivity contribution in [2.24, 2.45) is 4.99 Å². The summed E-state index contributed by atoms with van der Waals surface area (Å²) in [5.41, 5.74) is 0.713. The van der Waals surface area contributed by atoms with Gasteiger partial charge in [-0.25, -0.2) is 9.79 Å². The van der Waals surface area contributed by atoms with Crippen LogP contribution in [0.5, 0.6) is 0 Å². The first-order valence-electron chi connectivity index (χ1n) is 8.58. The molecule has 1 saturated heterocycles. The van der Waals surface area contributed by atoms with Crippen molar-refractivity contribution in [1.29, 1.82) is 0 Å². The lowest BCUT2D eigenvalue weighted by Crippen LogP contribution is -2.64. The van der Waals surface area contributed by atoms with Gasteiger partial charge in [-0.2, -0.15) is 0 Å². The van der Waals surface area contributed by atoms with Gasteiger partial charge in [-0.05, 0) is 11.5 Å². The fourth-order valence-corrected chi connectivity index (χ4v) is 3.53. The molecule has 138 valence electrons. The zero-order valence-corrected chi connectivity index (χ0v) is 15.0. The molecule has 0 aromatic heterocycles. The smallest absolute Gasteiger partial charge is 0.328 e. The van der Waals surface area contributed by atoms with E-state index in [1.54, 1.807) is 11.9 Å². The molecule has 0 aliphatic carbocycles. The molecule has 1 fully saturated rings. The molecular formula is C19H19N5O3. The number of amides is 4. The Morgan fingerprint density at radius 3 is 2.67 bits per heavy atom. The van der Waals surface area contributed by atoms with Crippen LogP contribution in [-0.4, -0.2) is 71.7 Å². The lowest BCUT2D eigenvalue weighted by molar-refractivity contribution is -0.136. The second-order valence-corrected chi connectivity index (χ2v) is 6.66. The van der Waals surface area contributed by atoms with Gasteiger partial charge in [-0.3, -0.25) is 14.5 Å². The SMILES string of the molecule is CN1C(=O)C2C(N=CN2CC(=O)Nc2cccc3ccccc23)N(C)C1=O. The molecule has 2 aliphatic rings. The van der Waals surface area contributed by atoms with Crippen LogP contribution in [0.3, 0.4) is 0 Å². The molecule has 4 rings (SSSR count). The Kier molecular flexibility index (Phi) is 4.02. The number of aliphatic imine (C=N–C) groups is 1. The topological polar surface area (TPSA) is 85.3 Å². The van der Waals surface area contributed by atoms with Crippen LogP contribution in [-0.2, 0) is 9.59 Å². The van der Waals surface area contributed by atoms with E-state index in [2.05, 4.69) is 10.3 Å². The lowest BCUT2D eigenvalue weighted by Gasteiger charge is -2.39. The largest absolute Gasteiger partial charge is 0.338 e. The maximum Gasteiger partial charge on any atom is 0.328 e. The summed E-state index contributed by atoms with van der Waals surface area (Å²) in [5.74, 6) is -0.618. The highest BCUT2D eigenvalue weighted by atomic mass is 16.2. The maximum atomic E-state index is 12.6. The maximum absolute atomic E-state index is 12.6. The lowest BCUT2D eigenvalue weighted by atomic mass is 10.1. The predicted octanol–water partition coefficient (Wildman–Crippen LogP) is 1.34. The van der Waals surface area contributed by atoms with Gasteiger partial charge >= 0.3 is 6.03 Å². The summed E-state index contributed by atoms with van der Waals surface area (Å²) in [7, 11) is 3.03. The van der Waals surface area contributed by atoms with E-state index in [0.717, 1.165) is 15.7 Å². The van der Waals surface area contributed by atoms with E-state index in [-0.39, 0.29) is 18.4 Å². The van der Waals surface area contributed by atoms with Crippen molar-refractivity contribution < 1.29 is 14.4 Å². The van der Waals surface area contributed by atoms with Crippen molar-refractivity contribution in [2.45, 2.75) is 12.2 Å². The summed E-state index contributed by atoms with van der Waals surface area (Å²) in [4.78, 5) is 45.4. The molecule has 2 aromatic carbocycles. The third-order valence-corrected chi connectivity index (χ3v) is 4.97. The van der Waals surface area contributed by atoms with Gasteiger partial charge in [0.25, 0.3) is 5.91 Å². The zero-order valence-electron chi connectivity index (χ0n) is 15.0. The van der Waals surface area contributed by atoms with Crippen molar-refractivity contribution in [3.63, 3.8) is 0 Å². The monoisotopic (exact) mass is 365 g/mol. The number of imide groups is 1. The standard InChI is InChI=1S/C19H19N5O3/c1-22-17-16(18(26)23(2)19(22)27)24(11-20-17)10-15(25)21-14-9-5-7-12-6-3-4-8-13(12)14/h3-9,11,16-17H,10H2,1-2H3,(H,21,25). The van der Waals surface area contributed by atoms with E-state index in [4.69, 9.17) is 0 Å². The number of fused-ring (bicyclic) bond motifs is 2. The molecule has 2 atom stereocenters. The minimum atomic E-state index is -0.684. The second-order valence-electron chi connectivity index (χ2n) is 6.66. The van der Waals surface area contributed by atoms with Crippen LogP contribution < -0.4 is 5.32 Å². The normalized spacial score (nSPS) is 21.8. The van der Waals surface area contributed by atoms with Crippen LogP contribution in [0.2, 0.25) is 0 Å². The number of likely N-dealkylation sites (N-methyl/N-ethyl adjacent to an activating group) is 2. The summed E-state index contributed by atoms with van der Waals surface area (Å²) in [5, 5.41) is 4.88. The molecule has 8 heteroatoms. The quantitative estimate of drug-likeness (QED) is 0.890. The Bertz CT molecular complexity index is 967. The molecule has 4 amide bonds. The van der Waals surface area contributed by atoms with Crippen molar-refractivity contribution in [3.05, 3.63) is 42.5 Å². The van der Waals surface area contributed by atoms with Gasteiger partial charge in [0.05, 0.1) is 12.9 Å². The average Bonchev–Trinajstić information content (AvgIpc) is 3.08. The summed E-state index contributed by atoms with van der Waals surface area (Å²) in [6, 6.07) is 12.4. The summed E-state index contributed by atoms with van der Waals surface area (Å²) in [6.45, 7) is -0.0322. The number of anilines is 1. The van der Waals surface area contributed by atoms with Crippen LogP contribution >= 0.6 is 0 Å². The number of carbonyl (C=O) groups excluding carboxylic acids is 3. The number of nitrogens with one attached hydrogen (secondary N) is 1. The third kappa shape index (κ3) is 2.79. The minimum absolute atomic E-state index is 0.0322. The molecule has 0 bridgehead atoms.